The molecule has 30 heavy (non-hydrogen) atoms. The summed E-state index contributed by atoms with van der Waals surface area (Å²) in [6.45, 7) is 1.88. The summed E-state index contributed by atoms with van der Waals surface area (Å²) in [6.07, 6.45) is 7.87. The molecule has 5 nitrogen and oxygen atoms in total. The van der Waals surface area contributed by atoms with E-state index in [-0.39, 0.29) is 29.7 Å². The molecule has 4 aliphatic carbocycles. The Balaban J connectivity index is 1.15. The molecule has 4 aliphatic rings. The third-order valence-corrected chi connectivity index (χ3v) is 8.34. The van der Waals surface area contributed by atoms with Crippen molar-refractivity contribution < 1.29 is 14.3 Å². The monoisotopic (exact) mass is 424 g/mol. The van der Waals surface area contributed by atoms with Gasteiger partial charge in [-0.05, 0) is 68.6 Å². The molecule has 4 fully saturated rings. The minimum atomic E-state index is -0.550. The zero-order valence-electron chi connectivity index (χ0n) is 17.3. The molecule has 6 rings (SSSR count). The van der Waals surface area contributed by atoms with Gasteiger partial charge in [0.25, 0.3) is 5.91 Å². The second-order valence-electron chi connectivity index (χ2n) is 9.55. The number of esters is 1. The van der Waals surface area contributed by atoms with Gasteiger partial charge in [-0.2, -0.15) is 0 Å². The maximum Gasteiger partial charge on any atom is 0.358 e. The summed E-state index contributed by atoms with van der Waals surface area (Å²) in [5.74, 6) is 1.77. The molecule has 1 aromatic carbocycles. The summed E-state index contributed by atoms with van der Waals surface area (Å²) in [4.78, 5) is 29.2. The number of hydrogen-bond donors (Lipinski definition) is 1. The summed E-state index contributed by atoms with van der Waals surface area (Å²) < 4.78 is 5.25. The van der Waals surface area contributed by atoms with Crippen LogP contribution in [0.1, 0.15) is 55.9 Å². The Kier molecular flexibility index (Phi) is 5.13. The molecule has 1 amide bonds. The lowest BCUT2D eigenvalue weighted by atomic mass is 9.48. The lowest BCUT2D eigenvalue weighted by Gasteiger charge is -2.59. The highest BCUT2D eigenvalue weighted by atomic mass is 32.1. The van der Waals surface area contributed by atoms with E-state index in [1.807, 2.05) is 30.3 Å². The van der Waals surface area contributed by atoms with Crippen molar-refractivity contribution in [1.82, 2.24) is 10.3 Å². The SMILES string of the molecule is C[C@H](NC(=O)COC(=O)c1csc(-c2ccccc2)n1)C12CC3CC(CC(C3)C1)C2. The molecule has 4 bridgehead atoms. The van der Waals surface area contributed by atoms with Crippen molar-refractivity contribution in [3.8, 4) is 10.6 Å². The van der Waals surface area contributed by atoms with Gasteiger partial charge in [0.2, 0.25) is 0 Å². The number of thiazole rings is 1. The van der Waals surface area contributed by atoms with E-state index >= 15 is 0 Å². The van der Waals surface area contributed by atoms with Gasteiger partial charge in [0, 0.05) is 17.0 Å². The van der Waals surface area contributed by atoms with Gasteiger partial charge in [-0.15, -0.1) is 11.3 Å². The van der Waals surface area contributed by atoms with Crippen molar-refractivity contribution in [3.63, 3.8) is 0 Å². The number of carbonyl (C=O) groups excluding carboxylic acids is 2. The standard InChI is InChI=1S/C24H28N2O3S/c1-15(24-10-16-7-17(11-24)9-18(8-16)12-24)25-21(27)13-29-23(28)20-14-30-22(26-20)19-5-3-2-4-6-19/h2-6,14-18H,7-13H2,1H3,(H,25,27)/t15-,16?,17?,18?,24?/m0/s1. The number of ether oxygens (including phenoxy) is 1. The summed E-state index contributed by atoms with van der Waals surface area (Å²) in [5.41, 5.74) is 1.46. The van der Waals surface area contributed by atoms with E-state index in [0.717, 1.165) is 28.3 Å². The first-order valence-corrected chi connectivity index (χ1v) is 11.9. The molecule has 1 N–H and O–H groups in total. The fourth-order valence-corrected chi connectivity index (χ4v) is 7.23. The Labute approximate surface area is 181 Å². The van der Waals surface area contributed by atoms with Gasteiger partial charge < -0.3 is 10.1 Å². The smallest absolute Gasteiger partial charge is 0.358 e. The summed E-state index contributed by atoms with van der Waals surface area (Å²) in [5, 5.41) is 5.59. The van der Waals surface area contributed by atoms with Gasteiger partial charge in [0.1, 0.15) is 5.01 Å². The Bertz CT molecular complexity index is 904. The molecule has 0 saturated heterocycles. The summed E-state index contributed by atoms with van der Waals surface area (Å²) >= 11 is 1.40. The van der Waals surface area contributed by atoms with Crippen molar-refractivity contribution in [1.29, 1.82) is 0 Å². The van der Waals surface area contributed by atoms with Crippen LogP contribution in [0.25, 0.3) is 10.6 Å². The molecule has 1 aromatic heterocycles. The fourth-order valence-electron chi connectivity index (χ4n) is 6.43. The van der Waals surface area contributed by atoms with Crippen LogP contribution in [0.4, 0.5) is 0 Å². The highest BCUT2D eigenvalue weighted by Crippen LogP contribution is 2.61. The number of rotatable bonds is 6. The highest BCUT2D eigenvalue weighted by molar-refractivity contribution is 7.13. The van der Waals surface area contributed by atoms with Gasteiger partial charge in [0.15, 0.2) is 12.3 Å². The lowest BCUT2D eigenvalue weighted by Crippen LogP contribution is -2.56. The van der Waals surface area contributed by atoms with Gasteiger partial charge >= 0.3 is 5.97 Å². The van der Waals surface area contributed by atoms with Crippen molar-refractivity contribution >= 4 is 23.2 Å². The van der Waals surface area contributed by atoms with Gasteiger partial charge in [-0.25, -0.2) is 9.78 Å². The van der Waals surface area contributed by atoms with E-state index in [9.17, 15) is 9.59 Å². The van der Waals surface area contributed by atoms with Crippen LogP contribution < -0.4 is 5.32 Å². The van der Waals surface area contributed by atoms with E-state index in [2.05, 4.69) is 17.2 Å². The largest absolute Gasteiger partial charge is 0.451 e. The van der Waals surface area contributed by atoms with E-state index in [1.165, 1.54) is 49.9 Å². The lowest BCUT2D eigenvalue weighted by molar-refractivity contribution is -0.128. The molecule has 0 radical (unpaired) electrons. The topological polar surface area (TPSA) is 68.3 Å². The number of amides is 1. The van der Waals surface area contributed by atoms with E-state index in [0.29, 0.717) is 0 Å². The first kappa shape index (κ1) is 19.7. The molecule has 0 unspecified atom stereocenters. The number of carbonyl (C=O) groups is 2. The average molecular weight is 425 g/mol. The first-order chi connectivity index (χ1) is 14.5. The predicted molar refractivity (Wildman–Crippen MR) is 116 cm³/mol. The maximum atomic E-state index is 12.5. The minimum Gasteiger partial charge on any atom is -0.451 e. The molecule has 0 spiro atoms. The molecular weight excluding hydrogens is 396 g/mol. The molecule has 4 saturated carbocycles. The van der Waals surface area contributed by atoms with Gasteiger partial charge in [-0.3, -0.25) is 4.79 Å². The molecule has 1 atom stereocenters. The molecule has 2 aromatic rings. The second kappa shape index (κ2) is 7.80. The van der Waals surface area contributed by atoms with Crippen LogP contribution >= 0.6 is 11.3 Å². The number of nitrogens with zero attached hydrogens (tertiary/aromatic N) is 1. The summed E-state index contributed by atoms with van der Waals surface area (Å²) in [6, 6.07) is 9.84. The number of benzene rings is 1. The predicted octanol–water partition coefficient (Wildman–Crippen LogP) is 4.69. The maximum absolute atomic E-state index is 12.5. The van der Waals surface area contributed by atoms with Gasteiger partial charge in [0.05, 0.1) is 0 Å². The van der Waals surface area contributed by atoms with E-state index < -0.39 is 5.97 Å². The molecule has 158 valence electrons. The first-order valence-electron chi connectivity index (χ1n) is 11.0. The summed E-state index contributed by atoms with van der Waals surface area (Å²) in [7, 11) is 0. The van der Waals surface area contributed by atoms with Crippen molar-refractivity contribution in [2.45, 2.75) is 51.5 Å². The fraction of sp³-hybridized carbons (Fsp3) is 0.542. The quantitative estimate of drug-likeness (QED) is 0.683. The Morgan fingerprint density at radius 1 is 1.13 bits per heavy atom. The van der Waals surface area contributed by atoms with Gasteiger partial charge in [-0.1, -0.05) is 30.3 Å². The second-order valence-corrected chi connectivity index (χ2v) is 10.4. The Morgan fingerprint density at radius 3 is 2.40 bits per heavy atom. The zero-order chi connectivity index (χ0) is 20.7. The molecule has 0 aliphatic heterocycles. The Morgan fingerprint density at radius 2 is 1.77 bits per heavy atom. The van der Waals surface area contributed by atoms with Crippen LogP contribution in [0.3, 0.4) is 0 Å². The molecule has 1 heterocycles. The Hall–Kier alpha value is -2.21. The normalized spacial score (nSPS) is 30.1. The van der Waals surface area contributed by atoms with Crippen LogP contribution in [0.2, 0.25) is 0 Å². The van der Waals surface area contributed by atoms with Crippen LogP contribution in [-0.4, -0.2) is 29.5 Å². The van der Waals surface area contributed by atoms with Crippen LogP contribution in [0.5, 0.6) is 0 Å². The third-order valence-electron chi connectivity index (χ3n) is 7.45. The van der Waals surface area contributed by atoms with Crippen molar-refractivity contribution in [2.75, 3.05) is 6.61 Å². The third kappa shape index (κ3) is 3.78. The zero-order valence-corrected chi connectivity index (χ0v) is 18.1. The highest BCUT2D eigenvalue weighted by Gasteiger charge is 2.53. The number of nitrogens with one attached hydrogen (secondary N) is 1. The van der Waals surface area contributed by atoms with Crippen molar-refractivity contribution in [2.24, 2.45) is 23.2 Å². The minimum absolute atomic E-state index is 0.126. The van der Waals surface area contributed by atoms with Crippen LogP contribution in [0, 0.1) is 23.2 Å². The van der Waals surface area contributed by atoms with E-state index in [1.54, 1.807) is 5.38 Å². The van der Waals surface area contributed by atoms with Crippen LogP contribution in [-0.2, 0) is 9.53 Å². The van der Waals surface area contributed by atoms with Crippen LogP contribution in [0.15, 0.2) is 35.7 Å². The molecular formula is C24H28N2O3S. The van der Waals surface area contributed by atoms with E-state index in [4.69, 9.17) is 4.74 Å². The number of hydrogen-bond acceptors (Lipinski definition) is 5. The van der Waals surface area contributed by atoms with Crippen molar-refractivity contribution in [3.05, 3.63) is 41.4 Å². The number of aromatic nitrogens is 1. The average Bonchev–Trinajstić information content (AvgIpc) is 3.22. The molecule has 6 heteroatoms.